The fraction of sp³-hybridized carbons (Fsp3) is 0.429. The van der Waals surface area contributed by atoms with Gasteiger partial charge in [0.1, 0.15) is 5.60 Å². The van der Waals surface area contributed by atoms with Crippen molar-refractivity contribution in [2.75, 3.05) is 11.9 Å². The standard InChI is InChI=1S/C14H18Cl2N2O3/c1-14(2,3)21-13(20)17-5-4-12(19)18-11-7-9(15)6-10(16)8-11/h6-8H,4-5H2,1-3H3,(H,17,20)(H,18,19). The third kappa shape index (κ3) is 7.78. The number of benzene rings is 1. The number of hydrogen-bond donors (Lipinski definition) is 2. The van der Waals surface area contributed by atoms with E-state index in [9.17, 15) is 9.59 Å². The van der Waals surface area contributed by atoms with E-state index in [0.29, 0.717) is 15.7 Å². The molecule has 0 atom stereocenters. The van der Waals surface area contributed by atoms with E-state index < -0.39 is 11.7 Å². The smallest absolute Gasteiger partial charge is 0.407 e. The van der Waals surface area contributed by atoms with Gasteiger partial charge in [0, 0.05) is 28.7 Å². The second-order valence-electron chi connectivity index (χ2n) is 5.38. The first-order valence-electron chi connectivity index (χ1n) is 6.38. The SMILES string of the molecule is CC(C)(C)OC(=O)NCCC(=O)Nc1cc(Cl)cc(Cl)c1. The molecule has 2 amide bonds. The third-order valence-electron chi connectivity index (χ3n) is 2.17. The number of amides is 2. The lowest BCUT2D eigenvalue weighted by molar-refractivity contribution is -0.116. The van der Waals surface area contributed by atoms with Crippen molar-refractivity contribution >= 4 is 40.9 Å². The zero-order chi connectivity index (χ0) is 16.0. The predicted octanol–water partition coefficient (Wildman–Crippen LogP) is 3.85. The fourth-order valence-electron chi connectivity index (χ4n) is 1.44. The average molecular weight is 333 g/mol. The van der Waals surface area contributed by atoms with Crippen LogP contribution in [0.4, 0.5) is 10.5 Å². The van der Waals surface area contributed by atoms with Crippen LogP contribution in [-0.4, -0.2) is 24.1 Å². The molecule has 1 aromatic rings. The van der Waals surface area contributed by atoms with Crippen molar-refractivity contribution < 1.29 is 14.3 Å². The molecule has 0 fully saturated rings. The van der Waals surface area contributed by atoms with Crippen LogP contribution in [0.15, 0.2) is 18.2 Å². The Balaban J connectivity index is 2.36. The normalized spacial score (nSPS) is 10.9. The second-order valence-corrected chi connectivity index (χ2v) is 6.26. The van der Waals surface area contributed by atoms with Crippen molar-refractivity contribution in [2.24, 2.45) is 0 Å². The number of ether oxygens (including phenoxy) is 1. The fourth-order valence-corrected chi connectivity index (χ4v) is 1.97. The van der Waals surface area contributed by atoms with Crippen LogP contribution in [0.1, 0.15) is 27.2 Å². The minimum Gasteiger partial charge on any atom is -0.444 e. The van der Waals surface area contributed by atoms with Gasteiger partial charge >= 0.3 is 6.09 Å². The Morgan fingerprint density at radius 1 is 1.14 bits per heavy atom. The van der Waals surface area contributed by atoms with Crippen molar-refractivity contribution in [1.29, 1.82) is 0 Å². The summed E-state index contributed by atoms with van der Waals surface area (Å²) in [6.45, 7) is 5.47. The number of halogens is 2. The van der Waals surface area contributed by atoms with Crippen LogP contribution >= 0.6 is 23.2 Å². The maximum Gasteiger partial charge on any atom is 0.407 e. The zero-order valence-corrected chi connectivity index (χ0v) is 13.6. The summed E-state index contributed by atoms with van der Waals surface area (Å²) in [4.78, 5) is 23.1. The molecule has 5 nitrogen and oxygen atoms in total. The number of anilines is 1. The lowest BCUT2D eigenvalue weighted by atomic mass is 10.2. The molecule has 0 aliphatic rings. The van der Waals surface area contributed by atoms with E-state index in [4.69, 9.17) is 27.9 Å². The number of nitrogens with one attached hydrogen (secondary N) is 2. The predicted molar refractivity (Wildman–Crippen MR) is 83.9 cm³/mol. The van der Waals surface area contributed by atoms with E-state index in [1.54, 1.807) is 39.0 Å². The summed E-state index contributed by atoms with van der Waals surface area (Å²) in [5.41, 5.74) is -0.0566. The first-order valence-corrected chi connectivity index (χ1v) is 7.14. The summed E-state index contributed by atoms with van der Waals surface area (Å²) >= 11 is 11.7. The summed E-state index contributed by atoms with van der Waals surface area (Å²) in [5, 5.41) is 6.02. The molecule has 2 N–H and O–H groups in total. The van der Waals surface area contributed by atoms with E-state index in [2.05, 4.69) is 10.6 Å². The molecule has 0 aliphatic carbocycles. The highest BCUT2D eigenvalue weighted by atomic mass is 35.5. The van der Waals surface area contributed by atoms with E-state index >= 15 is 0 Å². The van der Waals surface area contributed by atoms with Crippen molar-refractivity contribution in [1.82, 2.24) is 5.32 Å². The van der Waals surface area contributed by atoms with Gasteiger partial charge in [-0.05, 0) is 39.0 Å². The second kappa shape index (κ2) is 7.52. The molecule has 0 radical (unpaired) electrons. The van der Waals surface area contributed by atoms with Gasteiger partial charge in [0.2, 0.25) is 5.91 Å². The number of carbonyl (C=O) groups is 2. The van der Waals surface area contributed by atoms with Crippen LogP contribution in [0.2, 0.25) is 10.0 Å². The molecule has 7 heteroatoms. The Labute approximate surface area is 133 Å². The van der Waals surface area contributed by atoms with Gasteiger partial charge in [0.25, 0.3) is 0 Å². The molecule has 0 aliphatic heterocycles. The van der Waals surface area contributed by atoms with Crippen LogP contribution in [0.5, 0.6) is 0 Å². The first-order chi connectivity index (χ1) is 9.65. The highest BCUT2D eigenvalue weighted by Crippen LogP contribution is 2.22. The lowest BCUT2D eigenvalue weighted by Gasteiger charge is -2.19. The summed E-state index contributed by atoms with van der Waals surface area (Å²) < 4.78 is 5.05. The maximum absolute atomic E-state index is 11.7. The number of rotatable bonds is 4. The van der Waals surface area contributed by atoms with Gasteiger partial charge in [0.15, 0.2) is 0 Å². The average Bonchev–Trinajstić information content (AvgIpc) is 2.24. The summed E-state index contributed by atoms with van der Waals surface area (Å²) in [6.07, 6.45) is -0.440. The van der Waals surface area contributed by atoms with E-state index in [1.165, 1.54) is 0 Å². The van der Waals surface area contributed by atoms with Gasteiger partial charge in [-0.25, -0.2) is 4.79 Å². The van der Waals surface area contributed by atoms with Crippen molar-refractivity contribution in [3.8, 4) is 0 Å². The quantitative estimate of drug-likeness (QED) is 0.879. The highest BCUT2D eigenvalue weighted by molar-refractivity contribution is 6.35. The molecular weight excluding hydrogens is 315 g/mol. The van der Waals surface area contributed by atoms with Gasteiger partial charge in [-0.3, -0.25) is 4.79 Å². The Morgan fingerprint density at radius 2 is 1.71 bits per heavy atom. The maximum atomic E-state index is 11.7. The molecule has 21 heavy (non-hydrogen) atoms. The molecule has 116 valence electrons. The monoisotopic (exact) mass is 332 g/mol. The van der Waals surface area contributed by atoms with Crippen molar-refractivity contribution in [3.63, 3.8) is 0 Å². The van der Waals surface area contributed by atoms with Crippen molar-refractivity contribution in [3.05, 3.63) is 28.2 Å². The van der Waals surface area contributed by atoms with Gasteiger partial charge in [0.05, 0.1) is 0 Å². The summed E-state index contributed by atoms with van der Waals surface area (Å²) in [6, 6.07) is 4.75. The molecule has 0 bridgehead atoms. The Kier molecular flexibility index (Phi) is 6.30. The number of carbonyl (C=O) groups excluding carboxylic acids is 2. The number of alkyl carbamates (subject to hydrolysis) is 1. The Bertz CT molecular complexity index is 507. The zero-order valence-electron chi connectivity index (χ0n) is 12.1. The largest absolute Gasteiger partial charge is 0.444 e. The minimum atomic E-state index is -0.566. The molecule has 0 saturated heterocycles. The Morgan fingerprint density at radius 3 is 2.24 bits per heavy atom. The topological polar surface area (TPSA) is 67.4 Å². The van der Waals surface area contributed by atoms with E-state index in [0.717, 1.165) is 0 Å². The minimum absolute atomic E-state index is 0.114. The molecule has 0 spiro atoms. The lowest BCUT2D eigenvalue weighted by Crippen LogP contribution is -2.34. The van der Waals surface area contributed by atoms with Gasteiger partial charge < -0.3 is 15.4 Å². The molecule has 1 aromatic carbocycles. The third-order valence-corrected chi connectivity index (χ3v) is 2.60. The van der Waals surface area contributed by atoms with Crippen LogP contribution < -0.4 is 10.6 Å². The Hall–Kier alpha value is -1.46. The van der Waals surface area contributed by atoms with Gasteiger partial charge in [-0.1, -0.05) is 23.2 Å². The van der Waals surface area contributed by atoms with Crippen molar-refractivity contribution in [2.45, 2.75) is 32.8 Å². The van der Waals surface area contributed by atoms with Gasteiger partial charge in [-0.15, -0.1) is 0 Å². The molecule has 0 heterocycles. The highest BCUT2D eigenvalue weighted by Gasteiger charge is 2.15. The van der Waals surface area contributed by atoms with Crippen LogP contribution in [0, 0.1) is 0 Å². The molecule has 1 rings (SSSR count). The molecular formula is C14H18Cl2N2O3. The number of hydrogen-bond acceptors (Lipinski definition) is 3. The molecule has 0 aromatic heterocycles. The van der Waals surface area contributed by atoms with Gasteiger partial charge in [-0.2, -0.15) is 0 Å². The van der Waals surface area contributed by atoms with Crippen LogP contribution in [-0.2, 0) is 9.53 Å². The van der Waals surface area contributed by atoms with E-state index in [-0.39, 0.29) is 18.9 Å². The molecule has 0 unspecified atom stereocenters. The van der Waals surface area contributed by atoms with Crippen LogP contribution in [0.3, 0.4) is 0 Å². The summed E-state index contributed by atoms with van der Waals surface area (Å²) in [5.74, 6) is -0.260. The van der Waals surface area contributed by atoms with Crippen LogP contribution in [0.25, 0.3) is 0 Å². The first kappa shape index (κ1) is 17.6. The summed E-state index contributed by atoms with van der Waals surface area (Å²) in [7, 11) is 0. The van der Waals surface area contributed by atoms with E-state index in [1.807, 2.05) is 0 Å². The molecule has 0 saturated carbocycles.